The molecule has 0 aliphatic heterocycles. The van der Waals surface area contributed by atoms with Crippen LogP contribution in [0, 0.1) is 6.92 Å². The van der Waals surface area contributed by atoms with E-state index in [1.165, 1.54) is 23.2 Å². The number of carbonyl (C=O) groups is 1. The molecule has 5 aromatic rings. The molecule has 3 aromatic heterocycles. The number of fused-ring (bicyclic) bond motifs is 1. The number of benzene rings is 2. The van der Waals surface area contributed by atoms with Gasteiger partial charge in [0.2, 0.25) is 5.88 Å². The van der Waals surface area contributed by atoms with Crippen LogP contribution in [0.5, 0.6) is 5.88 Å². The van der Waals surface area contributed by atoms with Gasteiger partial charge in [-0.05, 0) is 69.7 Å². The third-order valence-corrected chi connectivity index (χ3v) is 7.06. The molecule has 2 aromatic carbocycles. The van der Waals surface area contributed by atoms with Crippen molar-refractivity contribution in [2.75, 3.05) is 13.2 Å². The fourth-order valence-electron chi connectivity index (χ4n) is 4.43. The van der Waals surface area contributed by atoms with Crippen molar-refractivity contribution in [2.45, 2.75) is 27.7 Å². The number of esters is 1. The number of halogens is 3. The van der Waals surface area contributed by atoms with Crippen molar-refractivity contribution < 1.29 is 19.4 Å². The highest BCUT2D eigenvalue weighted by molar-refractivity contribution is 6.40. The molecule has 0 aliphatic rings. The van der Waals surface area contributed by atoms with Gasteiger partial charge in [0, 0.05) is 15.8 Å². The molecule has 0 radical (unpaired) electrons. The highest BCUT2D eigenvalue weighted by Gasteiger charge is 2.29. The minimum atomic E-state index is -0.746. The fraction of sp³-hybridized carbons (Fsp3) is 0.214. The number of hydrogen-bond donors (Lipinski definition) is 1. The van der Waals surface area contributed by atoms with Crippen molar-refractivity contribution in [3.63, 3.8) is 0 Å². The maximum Gasteiger partial charge on any atom is 0.359 e. The molecule has 3 heterocycles. The summed E-state index contributed by atoms with van der Waals surface area (Å²) in [5.74, 6) is -0.704. The van der Waals surface area contributed by atoms with E-state index in [1.807, 2.05) is 31.2 Å². The summed E-state index contributed by atoms with van der Waals surface area (Å²) in [7, 11) is 0. The number of hydrogen-bond acceptors (Lipinski definition) is 9. The fourth-order valence-corrected chi connectivity index (χ4v) is 5.41. The first-order valence-corrected chi connectivity index (χ1v) is 13.9. The topological polar surface area (TPSA) is 129 Å². The van der Waals surface area contributed by atoms with Crippen molar-refractivity contribution in [1.82, 2.24) is 29.6 Å². The van der Waals surface area contributed by atoms with Gasteiger partial charge in [-0.25, -0.2) is 14.8 Å². The van der Waals surface area contributed by atoms with Gasteiger partial charge in [0.05, 0.1) is 40.2 Å². The lowest BCUT2D eigenvalue weighted by molar-refractivity contribution is 0.0518. The average molecular weight is 629 g/mol. The first-order chi connectivity index (χ1) is 20.1. The summed E-state index contributed by atoms with van der Waals surface area (Å²) in [5, 5.41) is 26.0. The van der Waals surface area contributed by atoms with Crippen LogP contribution >= 0.6 is 34.8 Å². The summed E-state index contributed by atoms with van der Waals surface area (Å²) >= 11 is 18.9. The highest BCUT2D eigenvalue weighted by atomic mass is 35.5. The van der Waals surface area contributed by atoms with Gasteiger partial charge in [0.25, 0.3) is 0 Å². The Kier molecular flexibility index (Phi) is 8.35. The molecule has 14 heteroatoms. The van der Waals surface area contributed by atoms with Crippen molar-refractivity contribution in [3.05, 3.63) is 73.6 Å². The second-order valence-electron chi connectivity index (χ2n) is 8.97. The number of aryl methyl sites for hydroxylation is 1. The van der Waals surface area contributed by atoms with E-state index in [-0.39, 0.29) is 39.5 Å². The molecule has 0 saturated heterocycles. The maximum atomic E-state index is 13.0. The van der Waals surface area contributed by atoms with Crippen LogP contribution in [0.2, 0.25) is 15.1 Å². The third kappa shape index (κ3) is 5.38. The summed E-state index contributed by atoms with van der Waals surface area (Å²) < 4.78 is 12.9. The van der Waals surface area contributed by atoms with Crippen LogP contribution in [0.15, 0.2) is 41.4 Å². The van der Waals surface area contributed by atoms with Gasteiger partial charge in [0.15, 0.2) is 23.6 Å². The van der Waals surface area contributed by atoms with Crippen LogP contribution in [-0.2, 0) is 9.47 Å². The number of nitrogens with zero attached hydrogens (tertiary/aromatic N) is 7. The Morgan fingerprint density at radius 1 is 1.05 bits per heavy atom. The first-order valence-electron chi connectivity index (χ1n) is 12.8. The molecule has 0 amide bonds. The Morgan fingerprint density at radius 2 is 1.74 bits per heavy atom. The molecule has 0 saturated carbocycles. The molecular formula is C28H24Cl3N7O4. The third-order valence-electron chi connectivity index (χ3n) is 6.26. The lowest BCUT2D eigenvalue weighted by Gasteiger charge is -2.09. The standard InChI is InChI=1S/C28H24Cl3N7O4/c1-5-41-13-32-18-9-7-16(8-10-18)25-33-26-21(15(4)34-38(26)36-25)14(3)22-23(28(40)42-6-2)35-37(27(22)39)24-19(30)11-17(29)12-20(24)31/h7-13,39H,5-6H2,1-4H3/b21-14-,32-13+. The van der Waals surface area contributed by atoms with Gasteiger partial charge in [0.1, 0.15) is 5.69 Å². The number of carbonyl (C=O) groups excluding carboxylic acids is 1. The molecule has 0 fully saturated rings. The van der Waals surface area contributed by atoms with Gasteiger partial charge in [-0.3, -0.25) is 0 Å². The predicted octanol–water partition coefficient (Wildman–Crippen LogP) is 5.76. The largest absolute Gasteiger partial charge is 0.493 e. The number of aromatic nitrogens is 6. The van der Waals surface area contributed by atoms with E-state index in [0.717, 1.165) is 10.2 Å². The second-order valence-corrected chi connectivity index (χ2v) is 10.2. The highest BCUT2D eigenvalue weighted by Crippen LogP contribution is 2.38. The monoisotopic (exact) mass is 627 g/mol. The van der Waals surface area contributed by atoms with Crippen LogP contribution in [0.4, 0.5) is 5.69 Å². The SMILES string of the molecule is CCO/C=N/c1ccc(-c2nc3/c(=C(/C)c4c(C(=O)OCC)nn(-c5c(Cl)cc(Cl)cc5Cl)c4O)c(C)nn3n2)cc1. The normalized spacial score (nSPS) is 12.4. The van der Waals surface area contributed by atoms with Crippen LogP contribution in [0.1, 0.15) is 42.5 Å². The van der Waals surface area contributed by atoms with E-state index in [4.69, 9.17) is 49.3 Å². The van der Waals surface area contributed by atoms with E-state index in [0.29, 0.717) is 45.3 Å². The van der Waals surface area contributed by atoms with Crippen molar-refractivity contribution >= 4 is 64.1 Å². The lowest BCUT2D eigenvalue weighted by Crippen LogP contribution is -2.13. The summed E-state index contributed by atoms with van der Waals surface area (Å²) in [5.41, 5.74) is 3.01. The molecule has 0 atom stereocenters. The lowest BCUT2D eigenvalue weighted by atomic mass is 10.0. The predicted molar refractivity (Wildman–Crippen MR) is 160 cm³/mol. The van der Waals surface area contributed by atoms with Crippen LogP contribution < -0.4 is 5.22 Å². The maximum absolute atomic E-state index is 13.0. The smallest absolute Gasteiger partial charge is 0.359 e. The number of aromatic hydroxyl groups is 1. The molecule has 11 nitrogen and oxygen atoms in total. The van der Waals surface area contributed by atoms with E-state index in [9.17, 15) is 9.90 Å². The molecule has 42 heavy (non-hydrogen) atoms. The molecule has 0 spiro atoms. The van der Waals surface area contributed by atoms with Gasteiger partial charge < -0.3 is 14.6 Å². The molecule has 1 N–H and O–H groups in total. The van der Waals surface area contributed by atoms with E-state index < -0.39 is 5.97 Å². The van der Waals surface area contributed by atoms with Crippen LogP contribution in [0.25, 0.3) is 28.3 Å². The zero-order valence-electron chi connectivity index (χ0n) is 22.9. The molecule has 0 bridgehead atoms. The van der Waals surface area contributed by atoms with Crippen LogP contribution in [-0.4, -0.2) is 60.3 Å². The summed E-state index contributed by atoms with van der Waals surface area (Å²) in [6, 6.07) is 10.2. The zero-order chi connectivity index (χ0) is 30.1. The van der Waals surface area contributed by atoms with E-state index in [2.05, 4.69) is 20.3 Å². The van der Waals surface area contributed by atoms with Gasteiger partial charge in [-0.15, -0.1) is 9.73 Å². The average Bonchev–Trinajstić information content (AvgIpc) is 3.59. The van der Waals surface area contributed by atoms with Gasteiger partial charge in [-0.2, -0.15) is 14.9 Å². The zero-order valence-corrected chi connectivity index (χ0v) is 25.2. The Hall–Kier alpha value is -4.19. The minimum Gasteiger partial charge on any atom is -0.493 e. The number of ether oxygens (including phenoxy) is 2. The summed E-state index contributed by atoms with van der Waals surface area (Å²) in [4.78, 5) is 22.0. The Morgan fingerprint density at radius 3 is 2.38 bits per heavy atom. The first kappa shape index (κ1) is 29.3. The van der Waals surface area contributed by atoms with Gasteiger partial charge in [-0.1, -0.05) is 34.8 Å². The number of rotatable bonds is 8. The Labute approximate surface area is 254 Å². The minimum absolute atomic E-state index is 0.0951. The van der Waals surface area contributed by atoms with Gasteiger partial charge >= 0.3 is 5.97 Å². The van der Waals surface area contributed by atoms with Crippen LogP contribution in [0.3, 0.4) is 0 Å². The Balaban J connectivity index is 1.68. The van der Waals surface area contributed by atoms with E-state index in [1.54, 1.807) is 20.8 Å². The van der Waals surface area contributed by atoms with Crippen molar-refractivity contribution in [3.8, 4) is 23.0 Å². The molecule has 5 rings (SSSR count). The second kappa shape index (κ2) is 12.0. The van der Waals surface area contributed by atoms with E-state index >= 15 is 0 Å². The Bertz CT molecular complexity index is 1880. The number of aliphatic imine (C=N–C) groups is 1. The summed E-state index contributed by atoms with van der Waals surface area (Å²) in [6.45, 7) is 7.67. The molecule has 0 unspecified atom stereocenters. The molecule has 216 valence electrons. The quantitative estimate of drug-likeness (QED) is 0.130. The molecule has 0 aliphatic carbocycles. The molecular weight excluding hydrogens is 605 g/mol. The van der Waals surface area contributed by atoms with Crippen molar-refractivity contribution in [1.29, 1.82) is 0 Å². The van der Waals surface area contributed by atoms with Crippen molar-refractivity contribution in [2.24, 2.45) is 4.99 Å². The summed E-state index contributed by atoms with van der Waals surface area (Å²) in [6.07, 6.45) is 1.40.